The number of hydrogen-bond acceptors (Lipinski definition) is 3. The molecule has 3 heteroatoms. The summed E-state index contributed by atoms with van der Waals surface area (Å²) in [6.45, 7) is 4.23. The van der Waals surface area contributed by atoms with Crippen molar-refractivity contribution < 1.29 is 14.6 Å². The second kappa shape index (κ2) is 6.00. The quantitative estimate of drug-likeness (QED) is 0.640. The highest BCUT2D eigenvalue weighted by Crippen LogP contribution is 2.08. The second-order valence-corrected chi connectivity index (χ2v) is 3.36. The molecule has 0 bridgehead atoms. The lowest BCUT2D eigenvalue weighted by atomic mass is 10.0. The van der Waals surface area contributed by atoms with E-state index in [-0.39, 0.29) is 0 Å². The van der Waals surface area contributed by atoms with Gasteiger partial charge in [-0.05, 0) is 12.3 Å². The van der Waals surface area contributed by atoms with E-state index in [0.717, 1.165) is 12.8 Å². The molecule has 1 atom stereocenters. The maximum absolute atomic E-state index is 10.7. The molecule has 0 rings (SSSR count). The first-order chi connectivity index (χ1) is 5.57. The maximum Gasteiger partial charge on any atom is 0.334 e. The molecule has 0 saturated carbocycles. The molecule has 1 unspecified atom stereocenters. The van der Waals surface area contributed by atoms with E-state index < -0.39 is 12.1 Å². The highest BCUT2D eigenvalue weighted by atomic mass is 16.5. The molecule has 0 aromatic heterocycles. The van der Waals surface area contributed by atoms with Gasteiger partial charge in [-0.1, -0.05) is 26.7 Å². The Kier molecular flexibility index (Phi) is 5.72. The summed E-state index contributed by atoms with van der Waals surface area (Å²) in [5.41, 5.74) is 0. The van der Waals surface area contributed by atoms with Crippen LogP contribution in [-0.4, -0.2) is 24.3 Å². The van der Waals surface area contributed by atoms with Crippen molar-refractivity contribution in [1.29, 1.82) is 0 Å². The van der Waals surface area contributed by atoms with Gasteiger partial charge in [0, 0.05) is 0 Å². The van der Waals surface area contributed by atoms with Gasteiger partial charge in [0.05, 0.1) is 7.11 Å². The summed E-state index contributed by atoms with van der Waals surface area (Å²) in [6.07, 6.45) is 1.47. The molecule has 0 aromatic rings. The van der Waals surface area contributed by atoms with Crippen LogP contribution in [0.2, 0.25) is 0 Å². The van der Waals surface area contributed by atoms with Crippen LogP contribution in [-0.2, 0) is 9.53 Å². The zero-order valence-electron chi connectivity index (χ0n) is 8.04. The van der Waals surface area contributed by atoms with Crippen molar-refractivity contribution >= 4 is 5.97 Å². The number of esters is 1. The van der Waals surface area contributed by atoms with Gasteiger partial charge in [-0.15, -0.1) is 0 Å². The molecule has 0 heterocycles. The summed E-state index contributed by atoms with van der Waals surface area (Å²) in [6, 6.07) is 0. The van der Waals surface area contributed by atoms with Crippen molar-refractivity contribution in [2.75, 3.05) is 7.11 Å². The standard InChI is InChI=1S/C9H18O3/c1-7(2)5-4-6-8(10)9(11)12-3/h7-8,10H,4-6H2,1-3H3. The number of methoxy groups -OCH3 is 1. The molecule has 3 nitrogen and oxygen atoms in total. The Morgan fingerprint density at radius 1 is 1.42 bits per heavy atom. The van der Waals surface area contributed by atoms with Crippen LogP contribution < -0.4 is 0 Å². The van der Waals surface area contributed by atoms with Crippen LogP contribution in [0.3, 0.4) is 0 Å². The second-order valence-electron chi connectivity index (χ2n) is 3.36. The Morgan fingerprint density at radius 2 is 2.00 bits per heavy atom. The van der Waals surface area contributed by atoms with Crippen molar-refractivity contribution in [3.63, 3.8) is 0 Å². The Morgan fingerprint density at radius 3 is 2.42 bits per heavy atom. The smallest absolute Gasteiger partial charge is 0.334 e. The van der Waals surface area contributed by atoms with Gasteiger partial charge >= 0.3 is 5.97 Å². The molecule has 12 heavy (non-hydrogen) atoms. The zero-order valence-corrected chi connectivity index (χ0v) is 8.04. The average Bonchev–Trinajstić information content (AvgIpc) is 2.02. The molecular formula is C9H18O3. The van der Waals surface area contributed by atoms with Crippen LogP contribution in [0.1, 0.15) is 33.1 Å². The Labute approximate surface area is 73.7 Å². The van der Waals surface area contributed by atoms with E-state index in [1.54, 1.807) is 0 Å². The fourth-order valence-corrected chi connectivity index (χ4v) is 0.973. The van der Waals surface area contributed by atoms with Crippen molar-refractivity contribution in [3.8, 4) is 0 Å². The number of aliphatic hydroxyl groups is 1. The third kappa shape index (κ3) is 5.13. The van der Waals surface area contributed by atoms with E-state index in [9.17, 15) is 4.79 Å². The number of hydrogen-bond donors (Lipinski definition) is 1. The highest BCUT2D eigenvalue weighted by Gasteiger charge is 2.14. The van der Waals surface area contributed by atoms with Gasteiger partial charge in [-0.25, -0.2) is 4.79 Å². The molecule has 0 aliphatic heterocycles. The Bertz CT molecular complexity index is 132. The van der Waals surface area contributed by atoms with E-state index in [0.29, 0.717) is 12.3 Å². The minimum atomic E-state index is -0.936. The first-order valence-corrected chi connectivity index (χ1v) is 4.33. The summed E-state index contributed by atoms with van der Waals surface area (Å²) >= 11 is 0. The fraction of sp³-hybridized carbons (Fsp3) is 0.889. The number of carbonyl (C=O) groups excluding carboxylic acids is 1. The summed E-state index contributed by atoms with van der Waals surface area (Å²) < 4.78 is 4.38. The van der Waals surface area contributed by atoms with Crippen LogP contribution in [0.25, 0.3) is 0 Å². The molecule has 0 aliphatic carbocycles. The van der Waals surface area contributed by atoms with Crippen molar-refractivity contribution in [2.24, 2.45) is 5.92 Å². The predicted octanol–water partition coefficient (Wildman–Crippen LogP) is 1.35. The lowest BCUT2D eigenvalue weighted by Crippen LogP contribution is -2.21. The Hall–Kier alpha value is -0.570. The van der Waals surface area contributed by atoms with E-state index in [4.69, 9.17) is 5.11 Å². The summed E-state index contributed by atoms with van der Waals surface area (Å²) in [5.74, 6) is 0.0913. The van der Waals surface area contributed by atoms with E-state index in [1.807, 2.05) is 0 Å². The molecule has 0 aliphatic rings. The van der Waals surface area contributed by atoms with Crippen LogP contribution in [0.5, 0.6) is 0 Å². The van der Waals surface area contributed by atoms with Gasteiger partial charge in [0.2, 0.25) is 0 Å². The van der Waals surface area contributed by atoms with E-state index >= 15 is 0 Å². The van der Waals surface area contributed by atoms with Gasteiger partial charge in [0.15, 0.2) is 6.10 Å². The molecule has 0 fully saturated rings. The zero-order chi connectivity index (χ0) is 9.56. The van der Waals surface area contributed by atoms with Gasteiger partial charge < -0.3 is 9.84 Å². The van der Waals surface area contributed by atoms with Crippen LogP contribution >= 0.6 is 0 Å². The lowest BCUT2D eigenvalue weighted by Gasteiger charge is -2.08. The summed E-state index contributed by atoms with van der Waals surface area (Å²) in [5, 5.41) is 9.16. The lowest BCUT2D eigenvalue weighted by molar-refractivity contribution is -0.150. The topological polar surface area (TPSA) is 46.5 Å². The molecule has 0 aromatic carbocycles. The fourth-order valence-electron chi connectivity index (χ4n) is 0.973. The maximum atomic E-state index is 10.7. The number of ether oxygens (including phenoxy) is 1. The normalized spacial score (nSPS) is 13.1. The van der Waals surface area contributed by atoms with Gasteiger partial charge in [-0.2, -0.15) is 0 Å². The molecule has 0 amide bonds. The summed E-state index contributed by atoms with van der Waals surface area (Å²) in [7, 11) is 1.29. The van der Waals surface area contributed by atoms with Gasteiger partial charge in [0.25, 0.3) is 0 Å². The highest BCUT2D eigenvalue weighted by molar-refractivity contribution is 5.74. The molecule has 72 valence electrons. The minimum Gasteiger partial charge on any atom is -0.467 e. The Balaban J connectivity index is 3.43. The largest absolute Gasteiger partial charge is 0.467 e. The van der Waals surface area contributed by atoms with Crippen molar-refractivity contribution in [3.05, 3.63) is 0 Å². The molecule has 0 spiro atoms. The van der Waals surface area contributed by atoms with Crippen LogP contribution in [0, 0.1) is 5.92 Å². The molecule has 0 saturated heterocycles. The van der Waals surface area contributed by atoms with Crippen molar-refractivity contribution in [1.82, 2.24) is 0 Å². The number of carbonyl (C=O) groups is 1. The van der Waals surface area contributed by atoms with E-state index in [1.165, 1.54) is 7.11 Å². The SMILES string of the molecule is COC(=O)C(O)CCCC(C)C. The number of rotatable bonds is 5. The average molecular weight is 174 g/mol. The first-order valence-electron chi connectivity index (χ1n) is 4.33. The van der Waals surface area contributed by atoms with Gasteiger partial charge in [-0.3, -0.25) is 0 Å². The minimum absolute atomic E-state index is 0.505. The third-order valence-electron chi connectivity index (χ3n) is 1.73. The van der Waals surface area contributed by atoms with E-state index in [2.05, 4.69) is 18.6 Å². The summed E-state index contributed by atoms with van der Waals surface area (Å²) in [4.78, 5) is 10.7. The van der Waals surface area contributed by atoms with Gasteiger partial charge in [0.1, 0.15) is 0 Å². The van der Waals surface area contributed by atoms with Crippen LogP contribution in [0.4, 0.5) is 0 Å². The molecule has 1 N–H and O–H groups in total. The third-order valence-corrected chi connectivity index (χ3v) is 1.73. The first kappa shape index (κ1) is 11.4. The predicted molar refractivity (Wildman–Crippen MR) is 46.7 cm³/mol. The van der Waals surface area contributed by atoms with Crippen molar-refractivity contribution in [2.45, 2.75) is 39.2 Å². The molecule has 0 radical (unpaired) electrons. The van der Waals surface area contributed by atoms with Crippen LogP contribution in [0.15, 0.2) is 0 Å². The molecular weight excluding hydrogens is 156 g/mol. The number of aliphatic hydroxyl groups excluding tert-OH is 1. The monoisotopic (exact) mass is 174 g/mol.